The Kier molecular flexibility index (Phi) is 7.66. The Hall–Kier alpha value is -2.17. The summed E-state index contributed by atoms with van der Waals surface area (Å²) in [6.45, 7) is -0.678. The van der Waals surface area contributed by atoms with Gasteiger partial charge in [-0.05, 0) is 49.1 Å². The number of carboxylic acids is 1. The number of nitrogens with one attached hydrogen (secondary N) is 1. The van der Waals surface area contributed by atoms with Crippen LogP contribution in [0, 0.1) is 17.8 Å². The van der Waals surface area contributed by atoms with Crippen LogP contribution in [0.4, 0.5) is 20.2 Å². The van der Waals surface area contributed by atoms with Gasteiger partial charge in [0.2, 0.25) is 5.91 Å². The largest absolute Gasteiger partial charge is 0.481 e. The van der Waals surface area contributed by atoms with Crippen LogP contribution < -0.4 is 10.2 Å². The fraction of sp³-hybridized carbons (Fsp3) is 0.483. The van der Waals surface area contributed by atoms with E-state index in [9.17, 15) is 19.5 Å². The minimum absolute atomic E-state index is 0.0386. The van der Waals surface area contributed by atoms with Crippen LogP contribution in [0.1, 0.15) is 44.1 Å². The average molecular weight is 661 g/mol. The number of nitrogens with zero attached hydrogens (tertiary/aromatic N) is 2. The molecule has 3 fully saturated rings. The van der Waals surface area contributed by atoms with E-state index in [0.717, 1.165) is 32.1 Å². The zero-order chi connectivity index (χ0) is 30.1. The lowest BCUT2D eigenvalue weighted by Crippen LogP contribution is -2.54. The molecule has 0 aromatic heterocycles. The molecule has 3 heterocycles. The molecule has 2 N–H and O–H groups in total. The van der Waals surface area contributed by atoms with Crippen molar-refractivity contribution in [3.63, 3.8) is 0 Å². The maximum absolute atomic E-state index is 15.2. The molecule has 0 bridgehead atoms. The Morgan fingerprint density at radius 1 is 1.00 bits per heavy atom. The molecule has 0 unspecified atom stereocenters. The van der Waals surface area contributed by atoms with Gasteiger partial charge in [-0.1, -0.05) is 65.7 Å². The number of benzene rings is 2. The van der Waals surface area contributed by atoms with E-state index in [0.29, 0.717) is 5.69 Å². The molecule has 42 heavy (non-hydrogen) atoms. The second kappa shape index (κ2) is 10.8. The average Bonchev–Trinajstić information content (AvgIpc) is 3.48. The highest BCUT2D eigenvalue weighted by Gasteiger charge is 2.74. The maximum Gasteiger partial charge on any atom is 0.310 e. The summed E-state index contributed by atoms with van der Waals surface area (Å²) in [5, 5.41) is 14.0. The number of carboxylic acid groups (broad SMARTS) is 1. The molecule has 3 aliphatic heterocycles. The number of hydrogen-bond donors (Lipinski definition) is 2. The number of fused-ring (bicyclic) bond motifs is 4. The van der Waals surface area contributed by atoms with Gasteiger partial charge in [-0.15, -0.1) is 0 Å². The van der Waals surface area contributed by atoms with Crippen molar-refractivity contribution in [2.24, 2.45) is 17.8 Å². The first-order chi connectivity index (χ1) is 19.8. The summed E-state index contributed by atoms with van der Waals surface area (Å²) in [7, 11) is 0. The molecule has 1 aliphatic carbocycles. The maximum atomic E-state index is 15.2. The number of aliphatic carboxylic acids is 1. The van der Waals surface area contributed by atoms with Crippen molar-refractivity contribution in [2.45, 2.75) is 56.0 Å². The van der Waals surface area contributed by atoms with Crippen molar-refractivity contribution >= 4 is 75.6 Å². The zero-order valence-electron chi connectivity index (χ0n) is 22.2. The van der Waals surface area contributed by atoms with Crippen LogP contribution in [0.15, 0.2) is 30.3 Å². The smallest absolute Gasteiger partial charge is 0.310 e. The third kappa shape index (κ3) is 4.76. The normalized spacial score (nSPS) is 28.5. The standard InChI is InChI=1S/C29H27Cl4F2N3O4/c30-15-6-16(31)8-18(7-15)37(12-14-4-2-1-3-5-14)25(39)22-21-11-28(34,35)13-38(21)29(23(22)26(40)41)19-9-17(32)10-20(33)24(19)36-27(29)42/h6-10,14,21-23H,1-5,11-13H2,(H,36,42)(H,40,41)/t21-,22+,23-,29+/m1/s1. The molecule has 6 rings (SSSR count). The first-order valence-corrected chi connectivity index (χ1v) is 15.3. The highest BCUT2D eigenvalue weighted by Crippen LogP contribution is 2.61. The van der Waals surface area contributed by atoms with Gasteiger partial charge in [0.1, 0.15) is 11.5 Å². The molecule has 1 saturated carbocycles. The second-order valence-corrected chi connectivity index (χ2v) is 13.4. The third-order valence-corrected chi connectivity index (χ3v) is 10.1. The van der Waals surface area contributed by atoms with Crippen molar-refractivity contribution < 1.29 is 28.3 Å². The van der Waals surface area contributed by atoms with E-state index < -0.39 is 60.1 Å². The van der Waals surface area contributed by atoms with Crippen LogP contribution in [0.25, 0.3) is 0 Å². The molecule has 13 heteroatoms. The van der Waals surface area contributed by atoms with E-state index in [1.54, 1.807) is 12.1 Å². The number of alkyl halides is 2. The van der Waals surface area contributed by atoms with Crippen LogP contribution in [-0.2, 0) is 19.9 Å². The third-order valence-electron chi connectivity index (χ3n) is 9.18. The first-order valence-electron chi connectivity index (χ1n) is 13.8. The quantitative estimate of drug-likeness (QED) is 0.357. The van der Waals surface area contributed by atoms with Gasteiger partial charge < -0.3 is 15.3 Å². The van der Waals surface area contributed by atoms with E-state index in [2.05, 4.69) is 5.32 Å². The fourth-order valence-electron chi connectivity index (χ4n) is 7.61. The SMILES string of the molecule is O=C(O)[C@H]1[C@@H](C(=O)N(CC2CCCCC2)c2cc(Cl)cc(Cl)c2)[C@H]2CC(F)(F)CN2[C@]12C(=O)Nc1c(Cl)cc(Cl)cc12. The van der Waals surface area contributed by atoms with E-state index >= 15 is 8.78 Å². The summed E-state index contributed by atoms with van der Waals surface area (Å²) < 4.78 is 30.4. The van der Waals surface area contributed by atoms with Gasteiger partial charge in [-0.3, -0.25) is 19.3 Å². The summed E-state index contributed by atoms with van der Waals surface area (Å²) in [5.41, 5.74) is -1.63. The molecule has 0 radical (unpaired) electrons. The van der Waals surface area contributed by atoms with E-state index in [1.807, 2.05) is 0 Å². The monoisotopic (exact) mass is 659 g/mol. The summed E-state index contributed by atoms with van der Waals surface area (Å²) in [4.78, 5) is 44.4. The fourth-order valence-corrected chi connectivity index (χ4v) is 8.66. The zero-order valence-corrected chi connectivity index (χ0v) is 25.2. The number of hydrogen-bond acceptors (Lipinski definition) is 4. The number of carbonyl (C=O) groups is 3. The minimum atomic E-state index is -3.28. The highest BCUT2D eigenvalue weighted by atomic mass is 35.5. The van der Waals surface area contributed by atoms with E-state index in [1.165, 1.54) is 28.0 Å². The number of amides is 2. The lowest BCUT2D eigenvalue weighted by molar-refractivity contribution is -0.153. The van der Waals surface area contributed by atoms with Gasteiger partial charge in [-0.25, -0.2) is 8.78 Å². The minimum Gasteiger partial charge on any atom is -0.481 e. The molecule has 224 valence electrons. The molecule has 2 aromatic carbocycles. The molecule has 2 aromatic rings. The van der Waals surface area contributed by atoms with Gasteiger partial charge in [0.25, 0.3) is 11.8 Å². The van der Waals surface area contributed by atoms with Crippen LogP contribution in [0.3, 0.4) is 0 Å². The van der Waals surface area contributed by atoms with Crippen LogP contribution in [0.5, 0.6) is 0 Å². The molecule has 2 amide bonds. The predicted octanol–water partition coefficient (Wildman–Crippen LogP) is 7.10. The van der Waals surface area contributed by atoms with Crippen molar-refractivity contribution in [1.82, 2.24) is 4.90 Å². The van der Waals surface area contributed by atoms with Crippen molar-refractivity contribution in [3.8, 4) is 0 Å². The molecule has 4 atom stereocenters. The summed E-state index contributed by atoms with van der Waals surface area (Å²) >= 11 is 25.3. The second-order valence-electron chi connectivity index (χ2n) is 11.7. The lowest BCUT2D eigenvalue weighted by Gasteiger charge is -2.36. The topological polar surface area (TPSA) is 90.0 Å². The first kappa shape index (κ1) is 29.9. The lowest BCUT2D eigenvalue weighted by atomic mass is 9.73. The van der Waals surface area contributed by atoms with Gasteiger partial charge in [0.05, 0.1) is 23.2 Å². The van der Waals surface area contributed by atoms with Gasteiger partial charge >= 0.3 is 5.97 Å². The van der Waals surface area contributed by atoms with E-state index in [-0.39, 0.29) is 43.8 Å². The Bertz CT molecular complexity index is 1470. The number of anilines is 2. The summed E-state index contributed by atoms with van der Waals surface area (Å²) in [6.07, 6.45) is 3.96. The highest BCUT2D eigenvalue weighted by molar-refractivity contribution is 6.38. The van der Waals surface area contributed by atoms with Gasteiger partial charge in [0, 0.05) is 45.3 Å². The van der Waals surface area contributed by atoms with Crippen molar-refractivity contribution in [2.75, 3.05) is 23.3 Å². The van der Waals surface area contributed by atoms with Gasteiger partial charge in [0.15, 0.2) is 0 Å². The molecule has 2 saturated heterocycles. The Morgan fingerprint density at radius 3 is 2.29 bits per heavy atom. The molecule has 4 aliphatic rings. The number of rotatable bonds is 5. The van der Waals surface area contributed by atoms with Crippen molar-refractivity contribution in [3.05, 3.63) is 56.0 Å². The molecular formula is C29H27Cl4F2N3O4. The van der Waals surface area contributed by atoms with Crippen LogP contribution >= 0.6 is 46.4 Å². The predicted molar refractivity (Wildman–Crippen MR) is 157 cm³/mol. The molecule has 1 spiro atoms. The number of carbonyl (C=O) groups excluding carboxylic acids is 2. The Balaban J connectivity index is 1.53. The van der Waals surface area contributed by atoms with Crippen LogP contribution in [0.2, 0.25) is 20.1 Å². The van der Waals surface area contributed by atoms with Crippen molar-refractivity contribution in [1.29, 1.82) is 0 Å². The summed E-state index contributed by atoms with van der Waals surface area (Å²) in [6, 6.07) is 6.09. The summed E-state index contributed by atoms with van der Waals surface area (Å²) in [5.74, 6) is -9.38. The number of halogens is 6. The Labute approximate surface area is 261 Å². The molecule has 7 nitrogen and oxygen atoms in total. The van der Waals surface area contributed by atoms with Gasteiger partial charge in [-0.2, -0.15) is 0 Å². The van der Waals surface area contributed by atoms with Crippen LogP contribution in [-0.4, -0.2) is 52.8 Å². The van der Waals surface area contributed by atoms with E-state index in [4.69, 9.17) is 46.4 Å². The Morgan fingerprint density at radius 2 is 1.64 bits per heavy atom. The molecular weight excluding hydrogens is 634 g/mol.